The number of aryl methyl sites for hydroxylation is 1. The second-order valence-corrected chi connectivity index (χ2v) is 7.06. The molecule has 7 heteroatoms. The molecule has 0 saturated carbocycles. The third kappa shape index (κ3) is 3.20. The highest BCUT2D eigenvalue weighted by atomic mass is 32.1. The number of amides is 1. The van der Waals surface area contributed by atoms with Crippen LogP contribution >= 0.6 is 11.3 Å². The molecule has 0 aliphatic carbocycles. The number of carbonyl (C=O) groups is 1. The van der Waals surface area contributed by atoms with Crippen molar-refractivity contribution >= 4 is 33.3 Å². The van der Waals surface area contributed by atoms with Gasteiger partial charge < -0.3 is 14.0 Å². The molecule has 0 unspecified atom stereocenters. The maximum Gasteiger partial charge on any atom is 0.274 e. The normalized spacial score (nSPS) is 10.8. The number of methoxy groups -OCH3 is 2. The molecule has 1 amide bonds. The second kappa shape index (κ2) is 7.36. The first-order valence-electron chi connectivity index (χ1n) is 8.64. The van der Waals surface area contributed by atoms with E-state index in [9.17, 15) is 4.79 Å². The van der Waals surface area contributed by atoms with Gasteiger partial charge in [-0.25, -0.2) is 4.98 Å². The lowest BCUT2D eigenvalue weighted by Gasteiger charge is -2.04. The predicted octanol–water partition coefficient (Wildman–Crippen LogP) is 4.57. The molecular weight excluding hydrogens is 374 g/mol. The molecule has 1 N–H and O–H groups in total. The number of nitrogens with one attached hydrogen (secondary N) is 1. The first-order chi connectivity index (χ1) is 13.6. The number of fused-ring (bicyclic) bond motifs is 1. The van der Waals surface area contributed by atoms with Crippen LogP contribution in [0.5, 0.6) is 11.5 Å². The highest BCUT2D eigenvalue weighted by molar-refractivity contribution is 7.14. The minimum atomic E-state index is -0.212. The third-order valence-corrected chi connectivity index (χ3v) is 5.37. The molecular formula is C21H19N3O3S. The minimum absolute atomic E-state index is 0.212. The molecule has 0 spiro atoms. The highest BCUT2D eigenvalue weighted by Crippen LogP contribution is 2.30. The van der Waals surface area contributed by atoms with E-state index in [1.165, 1.54) is 11.3 Å². The lowest BCUT2D eigenvalue weighted by molar-refractivity contribution is 0.101. The minimum Gasteiger partial charge on any atom is -0.497 e. The summed E-state index contributed by atoms with van der Waals surface area (Å²) in [5.74, 6) is 1.32. The molecule has 0 fully saturated rings. The molecule has 6 nitrogen and oxygen atoms in total. The molecule has 0 aliphatic heterocycles. The summed E-state index contributed by atoms with van der Waals surface area (Å²) in [4.78, 5) is 17.3. The monoisotopic (exact) mass is 393 g/mol. The molecule has 4 rings (SSSR count). The number of nitrogens with zero attached hydrogens (tertiary/aromatic N) is 2. The van der Waals surface area contributed by atoms with Gasteiger partial charge in [0.05, 0.1) is 25.4 Å². The fourth-order valence-corrected chi connectivity index (χ4v) is 3.83. The van der Waals surface area contributed by atoms with Crippen molar-refractivity contribution in [3.63, 3.8) is 0 Å². The van der Waals surface area contributed by atoms with E-state index >= 15 is 0 Å². The Morgan fingerprint density at radius 2 is 1.89 bits per heavy atom. The van der Waals surface area contributed by atoms with Crippen molar-refractivity contribution in [3.8, 4) is 22.8 Å². The Hall–Kier alpha value is -3.32. The zero-order valence-corrected chi connectivity index (χ0v) is 16.5. The number of hydrogen-bond donors (Lipinski definition) is 1. The zero-order valence-electron chi connectivity index (χ0n) is 15.7. The van der Waals surface area contributed by atoms with Crippen LogP contribution in [0.1, 0.15) is 10.5 Å². The summed E-state index contributed by atoms with van der Waals surface area (Å²) in [5.41, 5.74) is 3.25. The molecule has 142 valence electrons. The first-order valence-corrected chi connectivity index (χ1v) is 9.52. The smallest absolute Gasteiger partial charge is 0.274 e. The topological polar surface area (TPSA) is 65.4 Å². The van der Waals surface area contributed by atoms with Gasteiger partial charge in [-0.05, 0) is 42.5 Å². The number of carbonyl (C=O) groups excluding carboxylic acids is 1. The van der Waals surface area contributed by atoms with E-state index in [1.807, 2.05) is 65.5 Å². The quantitative estimate of drug-likeness (QED) is 0.539. The van der Waals surface area contributed by atoms with Gasteiger partial charge in [-0.1, -0.05) is 6.07 Å². The largest absolute Gasteiger partial charge is 0.497 e. The average molecular weight is 393 g/mol. The van der Waals surface area contributed by atoms with Crippen LogP contribution in [-0.4, -0.2) is 29.7 Å². The van der Waals surface area contributed by atoms with E-state index < -0.39 is 0 Å². The van der Waals surface area contributed by atoms with Gasteiger partial charge >= 0.3 is 0 Å². The molecule has 2 aromatic heterocycles. The van der Waals surface area contributed by atoms with Crippen molar-refractivity contribution in [1.82, 2.24) is 9.55 Å². The van der Waals surface area contributed by atoms with Crippen LogP contribution in [0, 0.1) is 0 Å². The number of hydrogen-bond acceptors (Lipinski definition) is 5. The van der Waals surface area contributed by atoms with Crippen LogP contribution in [-0.2, 0) is 7.05 Å². The maximum atomic E-state index is 12.8. The molecule has 2 aromatic carbocycles. The standard InChI is InChI=1S/C21H19N3O3S/c1-24-17-5-4-6-19(27-3)15(17)11-18(24)20(25)23-21-22-16(12-28-21)13-7-9-14(26-2)10-8-13/h4-12H,1-3H3,(H,22,23,25). The van der Waals surface area contributed by atoms with E-state index in [0.717, 1.165) is 33.7 Å². The maximum absolute atomic E-state index is 12.8. The molecule has 28 heavy (non-hydrogen) atoms. The summed E-state index contributed by atoms with van der Waals surface area (Å²) < 4.78 is 12.4. The van der Waals surface area contributed by atoms with Crippen molar-refractivity contribution in [1.29, 1.82) is 0 Å². The van der Waals surface area contributed by atoms with Gasteiger partial charge in [0, 0.05) is 23.4 Å². The summed E-state index contributed by atoms with van der Waals surface area (Å²) in [5, 5.41) is 6.26. The Labute approximate surface area is 166 Å². The number of benzene rings is 2. The molecule has 0 aliphatic rings. The Bertz CT molecular complexity index is 1150. The van der Waals surface area contributed by atoms with Crippen molar-refractivity contribution in [3.05, 3.63) is 59.6 Å². The van der Waals surface area contributed by atoms with Crippen molar-refractivity contribution in [2.75, 3.05) is 19.5 Å². The number of ether oxygens (including phenoxy) is 2. The van der Waals surface area contributed by atoms with Crippen LogP contribution in [0.3, 0.4) is 0 Å². The fourth-order valence-electron chi connectivity index (χ4n) is 3.12. The second-order valence-electron chi connectivity index (χ2n) is 6.20. The lowest BCUT2D eigenvalue weighted by atomic mass is 10.2. The fraction of sp³-hybridized carbons (Fsp3) is 0.143. The zero-order chi connectivity index (χ0) is 19.7. The predicted molar refractivity (Wildman–Crippen MR) is 112 cm³/mol. The van der Waals surface area contributed by atoms with Gasteiger partial charge in [-0.15, -0.1) is 11.3 Å². The van der Waals surface area contributed by atoms with Crippen molar-refractivity contribution in [2.24, 2.45) is 7.05 Å². The van der Waals surface area contributed by atoms with E-state index in [1.54, 1.807) is 14.2 Å². The Balaban J connectivity index is 1.58. The van der Waals surface area contributed by atoms with E-state index in [-0.39, 0.29) is 5.91 Å². The van der Waals surface area contributed by atoms with Crippen LogP contribution < -0.4 is 14.8 Å². The molecule has 0 saturated heterocycles. The van der Waals surface area contributed by atoms with E-state index in [4.69, 9.17) is 9.47 Å². The van der Waals surface area contributed by atoms with Gasteiger partial charge in [0.1, 0.15) is 17.2 Å². The lowest BCUT2D eigenvalue weighted by Crippen LogP contribution is -2.15. The Morgan fingerprint density at radius 3 is 2.61 bits per heavy atom. The number of anilines is 1. The summed E-state index contributed by atoms with van der Waals surface area (Å²) in [7, 11) is 5.12. The van der Waals surface area contributed by atoms with Gasteiger partial charge in [0.25, 0.3) is 5.91 Å². The highest BCUT2D eigenvalue weighted by Gasteiger charge is 2.17. The molecule has 4 aromatic rings. The van der Waals surface area contributed by atoms with Crippen LogP contribution in [0.4, 0.5) is 5.13 Å². The third-order valence-electron chi connectivity index (χ3n) is 4.61. The average Bonchev–Trinajstić information content (AvgIpc) is 3.32. The number of rotatable bonds is 5. The van der Waals surface area contributed by atoms with Crippen LogP contribution in [0.25, 0.3) is 22.2 Å². The van der Waals surface area contributed by atoms with Crippen LogP contribution in [0.2, 0.25) is 0 Å². The summed E-state index contributed by atoms with van der Waals surface area (Å²) >= 11 is 1.39. The molecule has 0 radical (unpaired) electrons. The van der Waals surface area contributed by atoms with E-state index in [2.05, 4.69) is 10.3 Å². The van der Waals surface area contributed by atoms with Crippen molar-refractivity contribution in [2.45, 2.75) is 0 Å². The summed E-state index contributed by atoms with van der Waals surface area (Å²) in [6.07, 6.45) is 0. The van der Waals surface area contributed by atoms with Gasteiger partial charge in [0.15, 0.2) is 5.13 Å². The van der Waals surface area contributed by atoms with Gasteiger partial charge in [0.2, 0.25) is 0 Å². The first kappa shape index (κ1) is 18.1. The van der Waals surface area contributed by atoms with Gasteiger partial charge in [-0.3, -0.25) is 10.1 Å². The Kier molecular flexibility index (Phi) is 4.75. The summed E-state index contributed by atoms with van der Waals surface area (Å²) in [6.45, 7) is 0. The van der Waals surface area contributed by atoms with Gasteiger partial charge in [-0.2, -0.15) is 0 Å². The van der Waals surface area contributed by atoms with E-state index in [0.29, 0.717) is 10.8 Å². The molecule has 0 bridgehead atoms. The molecule has 2 heterocycles. The SMILES string of the molecule is COc1ccc(-c2csc(NC(=O)c3cc4c(OC)cccc4n3C)n2)cc1. The molecule has 0 atom stereocenters. The number of thiazole rings is 1. The Morgan fingerprint density at radius 1 is 1.11 bits per heavy atom. The number of aromatic nitrogens is 2. The summed E-state index contributed by atoms with van der Waals surface area (Å²) in [6, 6.07) is 15.2. The van der Waals surface area contributed by atoms with Crippen LogP contribution in [0.15, 0.2) is 53.9 Å². The van der Waals surface area contributed by atoms with Crippen molar-refractivity contribution < 1.29 is 14.3 Å².